The van der Waals surface area contributed by atoms with E-state index < -0.39 is 0 Å². The molecule has 0 aliphatic rings. The second-order valence-electron chi connectivity index (χ2n) is 3.49. The van der Waals surface area contributed by atoms with Crippen LogP contribution in [0.5, 0.6) is 0 Å². The zero-order valence-electron chi connectivity index (χ0n) is 8.26. The molecule has 0 aliphatic heterocycles. The molecule has 1 aromatic rings. The third-order valence-electron chi connectivity index (χ3n) is 2.43. The molecular weight excluding hydrogens is 184 g/mol. The summed E-state index contributed by atoms with van der Waals surface area (Å²) in [5.74, 6) is 0.165. The molecule has 1 aromatic carbocycles. The SMILES string of the molecule is Cc1ccc(Cl)c(C)c1C(C)CO. The van der Waals surface area contributed by atoms with Crippen LogP contribution in [0, 0.1) is 13.8 Å². The second-order valence-corrected chi connectivity index (χ2v) is 3.89. The lowest BCUT2D eigenvalue weighted by Crippen LogP contribution is -2.04. The Hall–Kier alpha value is -0.530. The highest BCUT2D eigenvalue weighted by atomic mass is 35.5. The van der Waals surface area contributed by atoms with E-state index in [2.05, 4.69) is 0 Å². The van der Waals surface area contributed by atoms with Crippen LogP contribution in [0.2, 0.25) is 5.02 Å². The first-order chi connectivity index (χ1) is 6.07. The number of benzene rings is 1. The molecule has 0 bridgehead atoms. The van der Waals surface area contributed by atoms with Gasteiger partial charge in [-0.2, -0.15) is 0 Å². The van der Waals surface area contributed by atoms with Crippen molar-refractivity contribution in [1.29, 1.82) is 0 Å². The van der Waals surface area contributed by atoms with Crippen LogP contribution in [-0.4, -0.2) is 11.7 Å². The molecule has 0 heterocycles. The van der Waals surface area contributed by atoms with Gasteiger partial charge in [0.25, 0.3) is 0 Å². The van der Waals surface area contributed by atoms with Crippen molar-refractivity contribution in [3.63, 3.8) is 0 Å². The van der Waals surface area contributed by atoms with Crippen LogP contribution < -0.4 is 0 Å². The second kappa shape index (κ2) is 4.12. The first kappa shape index (κ1) is 10.6. The first-order valence-electron chi connectivity index (χ1n) is 4.44. The van der Waals surface area contributed by atoms with E-state index in [0.29, 0.717) is 0 Å². The molecular formula is C11H15ClO. The molecule has 0 amide bonds. The van der Waals surface area contributed by atoms with Gasteiger partial charge in [0.2, 0.25) is 0 Å². The summed E-state index contributed by atoms with van der Waals surface area (Å²) in [4.78, 5) is 0. The van der Waals surface area contributed by atoms with E-state index in [0.717, 1.165) is 10.6 Å². The van der Waals surface area contributed by atoms with Gasteiger partial charge in [-0.1, -0.05) is 24.6 Å². The number of rotatable bonds is 2. The van der Waals surface area contributed by atoms with Crippen LogP contribution in [0.3, 0.4) is 0 Å². The summed E-state index contributed by atoms with van der Waals surface area (Å²) in [6, 6.07) is 3.90. The van der Waals surface area contributed by atoms with Crippen LogP contribution in [0.1, 0.15) is 29.5 Å². The lowest BCUT2D eigenvalue weighted by atomic mass is 9.93. The van der Waals surface area contributed by atoms with Crippen molar-refractivity contribution in [2.45, 2.75) is 26.7 Å². The summed E-state index contributed by atoms with van der Waals surface area (Å²) >= 11 is 6.01. The lowest BCUT2D eigenvalue weighted by Gasteiger charge is -2.16. The molecule has 1 unspecified atom stereocenters. The third-order valence-corrected chi connectivity index (χ3v) is 2.84. The molecule has 0 aromatic heterocycles. The molecule has 2 heteroatoms. The Balaban J connectivity index is 3.25. The Kier molecular flexibility index (Phi) is 3.34. The third kappa shape index (κ3) is 2.04. The average molecular weight is 199 g/mol. The smallest absolute Gasteiger partial charge is 0.0497 e. The topological polar surface area (TPSA) is 20.2 Å². The van der Waals surface area contributed by atoms with Crippen molar-refractivity contribution in [3.8, 4) is 0 Å². The summed E-state index contributed by atoms with van der Waals surface area (Å²) in [6.45, 7) is 6.22. The van der Waals surface area contributed by atoms with Crippen molar-refractivity contribution in [1.82, 2.24) is 0 Å². The van der Waals surface area contributed by atoms with E-state index in [4.69, 9.17) is 16.7 Å². The van der Waals surface area contributed by atoms with Crippen LogP contribution >= 0.6 is 11.6 Å². The molecule has 0 spiro atoms. The van der Waals surface area contributed by atoms with E-state index in [9.17, 15) is 0 Å². The zero-order valence-corrected chi connectivity index (χ0v) is 9.02. The minimum atomic E-state index is 0.165. The van der Waals surface area contributed by atoms with E-state index in [1.54, 1.807) is 0 Å². The molecule has 0 saturated heterocycles. The number of aliphatic hydroxyl groups is 1. The maximum atomic E-state index is 9.08. The van der Waals surface area contributed by atoms with E-state index >= 15 is 0 Å². The van der Waals surface area contributed by atoms with Crippen molar-refractivity contribution < 1.29 is 5.11 Å². The zero-order chi connectivity index (χ0) is 10.0. The molecule has 13 heavy (non-hydrogen) atoms. The first-order valence-corrected chi connectivity index (χ1v) is 4.82. The van der Waals surface area contributed by atoms with Crippen LogP contribution in [0.4, 0.5) is 0 Å². The van der Waals surface area contributed by atoms with Crippen LogP contribution in [0.15, 0.2) is 12.1 Å². The summed E-state index contributed by atoms with van der Waals surface area (Å²) in [5.41, 5.74) is 3.46. The standard InChI is InChI=1S/C11H15ClO/c1-7-4-5-10(12)9(3)11(7)8(2)6-13/h4-5,8,13H,6H2,1-3H3. The van der Waals surface area contributed by atoms with Gasteiger partial charge in [-0.25, -0.2) is 0 Å². The van der Waals surface area contributed by atoms with Gasteiger partial charge in [-0.15, -0.1) is 0 Å². The Bertz CT molecular complexity index is 307. The molecule has 72 valence electrons. The monoisotopic (exact) mass is 198 g/mol. The van der Waals surface area contributed by atoms with Gasteiger partial charge in [0, 0.05) is 17.5 Å². The molecule has 1 rings (SSSR count). The van der Waals surface area contributed by atoms with Crippen LogP contribution in [0.25, 0.3) is 0 Å². The van der Waals surface area contributed by atoms with Crippen molar-refractivity contribution >= 4 is 11.6 Å². The highest BCUT2D eigenvalue weighted by molar-refractivity contribution is 6.31. The number of hydrogen-bond donors (Lipinski definition) is 1. The molecule has 0 aliphatic carbocycles. The van der Waals surface area contributed by atoms with Gasteiger partial charge in [0.1, 0.15) is 0 Å². The fourth-order valence-electron chi connectivity index (χ4n) is 1.69. The summed E-state index contributed by atoms with van der Waals surface area (Å²) in [6.07, 6.45) is 0. The molecule has 0 radical (unpaired) electrons. The number of aryl methyl sites for hydroxylation is 1. The Labute approximate surface area is 84.4 Å². The summed E-state index contributed by atoms with van der Waals surface area (Å²) in [7, 11) is 0. The maximum absolute atomic E-state index is 9.08. The number of hydrogen-bond acceptors (Lipinski definition) is 1. The van der Waals surface area contributed by atoms with E-state index in [-0.39, 0.29) is 12.5 Å². The molecule has 1 atom stereocenters. The number of aliphatic hydroxyl groups excluding tert-OH is 1. The van der Waals surface area contributed by atoms with Gasteiger partial charge in [0.15, 0.2) is 0 Å². The fraction of sp³-hybridized carbons (Fsp3) is 0.455. The van der Waals surface area contributed by atoms with Gasteiger partial charge in [-0.3, -0.25) is 0 Å². The lowest BCUT2D eigenvalue weighted by molar-refractivity contribution is 0.272. The summed E-state index contributed by atoms with van der Waals surface area (Å²) < 4.78 is 0. The average Bonchev–Trinajstić information content (AvgIpc) is 2.12. The van der Waals surface area contributed by atoms with E-state index in [1.807, 2.05) is 32.9 Å². The molecule has 1 nitrogen and oxygen atoms in total. The number of halogens is 1. The van der Waals surface area contributed by atoms with Gasteiger partial charge in [-0.05, 0) is 36.6 Å². The van der Waals surface area contributed by atoms with Crippen molar-refractivity contribution in [2.75, 3.05) is 6.61 Å². The highest BCUT2D eigenvalue weighted by Gasteiger charge is 2.12. The van der Waals surface area contributed by atoms with Crippen LogP contribution in [-0.2, 0) is 0 Å². The Morgan fingerprint density at radius 3 is 2.54 bits per heavy atom. The molecule has 1 N–H and O–H groups in total. The minimum Gasteiger partial charge on any atom is -0.396 e. The van der Waals surface area contributed by atoms with Gasteiger partial charge in [0.05, 0.1) is 0 Å². The normalized spacial score (nSPS) is 13.0. The fourth-order valence-corrected chi connectivity index (χ4v) is 1.85. The quantitative estimate of drug-likeness (QED) is 0.775. The van der Waals surface area contributed by atoms with Crippen molar-refractivity contribution in [3.05, 3.63) is 33.8 Å². The maximum Gasteiger partial charge on any atom is 0.0497 e. The minimum absolute atomic E-state index is 0.165. The van der Waals surface area contributed by atoms with Gasteiger partial charge < -0.3 is 5.11 Å². The Morgan fingerprint density at radius 1 is 1.38 bits per heavy atom. The largest absolute Gasteiger partial charge is 0.396 e. The Morgan fingerprint density at radius 2 is 2.00 bits per heavy atom. The predicted octanol–water partition coefficient (Wildman–Crippen LogP) is 3.05. The molecule has 0 saturated carbocycles. The van der Waals surface area contributed by atoms with Gasteiger partial charge >= 0.3 is 0 Å². The molecule has 0 fully saturated rings. The predicted molar refractivity (Wildman–Crippen MR) is 56.4 cm³/mol. The van der Waals surface area contributed by atoms with Crippen molar-refractivity contribution in [2.24, 2.45) is 0 Å². The van der Waals surface area contributed by atoms with E-state index in [1.165, 1.54) is 11.1 Å². The highest BCUT2D eigenvalue weighted by Crippen LogP contribution is 2.28. The summed E-state index contributed by atoms with van der Waals surface area (Å²) in [5, 5.41) is 9.86.